The molecule has 2 nitrogen and oxygen atoms in total. The molecule has 0 radical (unpaired) electrons. The van der Waals surface area contributed by atoms with Crippen molar-refractivity contribution in [2.75, 3.05) is 4.90 Å². The molecule has 0 N–H and O–H groups in total. The van der Waals surface area contributed by atoms with E-state index in [2.05, 4.69) is 39.0 Å². The molecular formula is C21H23Cl2NO. The largest absolute Gasteiger partial charge is 0.305 e. The summed E-state index contributed by atoms with van der Waals surface area (Å²) in [6, 6.07) is 16.1. The van der Waals surface area contributed by atoms with E-state index in [-0.39, 0.29) is 16.9 Å². The molecule has 3 rings (SSSR count). The molecule has 25 heavy (non-hydrogen) atoms. The Hall–Kier alpha value is -1.51. The van der Waals surface area contributed by atoms with E-state index in [1.165, 1.54) is 5.56 Å². The molecule has 1 aliphatic heterocycles. The highest BCUT2D eigenvalue weighted by atomic mass is 35.5. The number of halogens is 2. The van der Waals surface area contributed by atoms with Gasteiger partial charge in [-0.25, -0.2) is 0 Å². The van der Waals surface area contributed by atoms with Crippen molar-refractivity contribution in [3.63, 3.8) is 0 Å². The lowest BCUT2D eigenvalue weighted by Gasteiger charge is -2.51. The fraction of sp³-hybridized carbons (Fsp3) is 0.381. The van der Waals surface area contributed by atoms with Crippen molar-refractivity contribution in [3.8, 4) is 0 Å². The van der Waals surface area contributed by atoms with Gasteiger partial charge in [-0.15, -0.1) is 11.6 Å². The molecule has 2 atom stereocenters. The molecule has 0 saturated heterocycles. The average Bonchev–Trinajstić information content (AvgIpc) is 2.54. The fourth-order valence-electron chi connectivity index (χ4n) is 4.17. The number of benzene rings is 2. The first-order valence-electron chi connectivity index (χ1n) is 8.50. The summed E-state index contributed by atoms with van der Waals surface area (Å²) in [5, 5.41) is 0.163. The number of para-hydroxylation sites is 1. The van der Waals surface area contributed by atoms with Crippen LogP contribution in [0.4, 0.5) is 5.69 Å². The quantitative estimate of drug-likeness (QED) is 0.608. The van der Waals surface area contributed by atoms with Gasteiger partial charge in [0, 0.05) is 21.7 Å². The second kappa shape index (κ2) is 6.34. The summed E-state index contributed by atoms with van der Waals surface area (Å²) < 4.78 is 0. The van der Waals surface area contributed by atoms with Gasteiger partial charge in [-0.05, 0) is 56.5 Å². The maximum Gasteiger partial charge on any atom is 0.245 e. The van der Waals surface area contributed by atoms with Gasteiger partial charge in [0.1, 0.15) is 5.38 Å². The van der Waals surface area contributed by atoms with Gasteiger partial charge in [0.05, 0.1) is 0 Å². The normalized spacial score (nSPS) is 23.0. The highest BCUT2D eigenvalue weighted by Crippen LogP contribution is 2.50. The Balaban J connectivity index is 2.22. The van der Waals surface area contributed by atoms with Gasteiger partial charge in [-0.1, -0.05) is 48.9 Å². The molecule has 0 unspecified atom stereocenters. The first-order valence-corrected chi connectivity index (χ1v) is 9.32. The average molecular weight is 376 g/mol. The first kappa shape index (κ1) is 18.3. The number of nitrogens with zero attached hydrogens (tertiary/aromatic N) is 1. The number of carbonyl (C=O) groups excluding carboxylic acids is 1. The van der Waals surface area contributed by atoms with Crippen LogP contribution in [0.1, 0.15) is 45.2 Å². The zero-order chi connectivity index (χ0) is 18.4. The van der Waals surface area contributed by atoms with Gasteiger partial charge in [0.2, 0.25) is 5.91 Å². The van der Waals surface area contributed by atoms with E-state index in [9.17, 15) is 4.79 Å². The summed E-state index contributed by atoms with van der Waals surface area (Å²) in [7, 11) is 0. The molecular weight excluding hydrogens is 353 g/mol. The summed E-state index contributed by atoms with van der Waals surface area (Å²) in [4.78, 5) is 14.7. The number of hydrogen-bond donors (Lipinski definition) is 0. The first-order chi connectivity index (χ1) is 11.7. The standard InChI is InChI=1S/C21H23Cl2NO/c1-14(22)19(25)24-18-8-6-5-7-17(18)21(4,13-20(24,2)3)15-9-11-16(23)12-10-15/h5-12,14H,13H2,1-4H3/t14-,21+/m1/s1. The van der Waals surface area contributed by atoms with E-state index in [0.29, 0.717) is 0 Å². The minimum absolute atomic E-state index is 0.0581. The van der Waals surface area contributed by atoms with Crippen LogP contribution in [-0.4, -0.2) is 16.8 Å². The Kier molecular flexibility index (Phi) is 4.63. The van der Waals surface area contributed by atoms with Crippen LogP contribution in [0.3, 0.4) is 0 Å². The highest BCUT2D eigenvalue weighted by molar-refractivity contribution is 6.32. The maximum atomic E-state index is 12.8. The van der Waals surface area contributed by atoms with Crippen LogP contribution >= 0.6 is 23.2 Å². The third-order valence-electron chi connectivity index (χ3n) is 5.17. The van der Waals surface area contributed by atoms with Crippen molar-refractivity contribution in [2.24, 2.45) is 0 Å². The smallest absolute Gasteiger partial charge is 0.245 e. The van der Waals surface area contributed by atoms with E-state index in [1.807, 2.05) is 35.2 Å². The van der Waals surface area contributed by atoms with Crippen molar-refractivity contribution in [3.05, 3.63) is 64.7 Å². The number of amides is 1. The van der Waals surface area contributed by atoms with Crippen LogP contribution in [0.15, 0.2) is 48.5 Å². The van der Waals surface area contributed by atoms with E-state index in [1.54, 1.807) is 6.92 Å². The van der Waals surface area contributed by atoms with Gasteiger partial charge in [-0.2, -0.15) is 0 Å². The van der Waals surface area contributed by atoms with E-state index in [0.717, 1.165) is 22.7 Å². The van der Waals surface area contributed by atoms with Crippen LogP contribution < -0.4 is 4.90 Å². The predicted molar refractivity (Wildman–Crippen MR) is 106 cm³/mol. The molecule has 2 aromatic carbocycles. The lowest BCUT2D eigenvalue weighted by atomic mass is 9.65. The Morgan fingerprint density at radius 2 is 1.68 bits per heavy atom. The van der Waals surface area contributed by atoms with Gasteiger partial charge < -0.3 is 4.90 Å². The lowest BCUT2D eigenvalue weighted by molar-refractivity contribution is -0.119. The number of rotatable bonds is 2. The number of carbonyl (C=O) groups is 1. The molecule has 0 aliphatic carbocycles. The van der Waals surface area contributed by atoms with Gasteiger partial charge in [0.25, 0.3) is 0 Å². The summed E-state index contributed by atoms with van der Waals surface area (Å²) >= 11 is 12.2. The molecule has 0 bridgehead atoms. The Bertz CT molecular complexity index is 798. The van der Waals surface area contributed by atoms with Gasteiger partial charge in [0.15, 0.2) is 0 Å². The van der Waals surface area contributed by atoms with Gasteiger partial charge >= 0.3 is 0 Å². The Labute approximate surface area is 159 Å². The van der Waals surface area contributed by atoms with Crippen molar-refractivity contribution in [1.82, 2.24) is 0 Å². The summed E-state index contributed by atoms with van der Waals surface area (Å²) in [5.74, 6) is -0.0581. The molecule has 2 aromatic rings. The second-order valence-electron chi connectivity index (χ2n) is 7.64. The molecule has 0 spiro atoms. The summed E-state index contributed by atoms with van der Waals surface area (Å²) in [6.07, 6.45) is 0.800. The summed E-state index contributed by atoms with van der Waals surface area (Å²) in [5.41, 5.74) is 2.71. The monoisotopic (exact) mass is 375 g/mol. The second-order valence-corrected chi connectivity index (χ2v) is 8.73. The Morgan fingerprint density at radius 3 is 2.28 bits per heavy atom. The molecule has 1 amide bonds. The third-order valence-corrected chi connectivity index (χ3v) is 5.61. The van der Waals surface area contributed by atoms with Crippen molar-refractivity contribution >= 4 is 34.8 Å². The number of anilines is 1. The van der Waals surface area contributed by atoms with E-state index >= 15 is 0 Å². The lowest BCUT2D eigenvalue weighted by Crippen LogP contribution is -2.57. The highest BCUT2D eigenvalue weighted by Gasteiger charge is 2.48. The Morgan fingerprint density at radius 1 is 1.08 bits per heavy atom. The van der Waals surface area contributed by atoms with Crippen LogP contribution in [0, 0.1) is 0 Å². The summed E-state index contributed by atoms with van der Waals surface area (Å²) in [6.45, 7) is 8.18. The zero-order valence-electron chi connectivity index (χ0n) is 15.0. The molecule has 1 aliphatic rings. The van der Waals surface area contributed by atoms with Crippen LogP contribution in [-0.2, 0) is 10.2 Å². The van der Waals surface area contributed by atoms with Crippen LogP contribution in [0.25, 0.3) is 0 Å². The van der Waals surface area contributed by atoms with E-state index in [4.69, 9.17) is 23.2 Å². The SMILES string of the molecule is C[C@@H](Cl)C(=O)N1c2ccccc2[C@](C)(c2ccc(Cl)cc2)CC1(C)C. The van der Waals surface area contributed by atoms with E-state index < -0.39 is 5.38 Å². The van der Waals surface area contributed by atoms with Crippen LogP contribution in [0.2, 0.25) is 5.02 Å². The minimum Gasteiger partial charge on any atom is -0.305 e. The minimum atomic E-state index is -0.563. The zero-order valence-corrected chi connectivity index (χ0v) is 16.5. The van der Waals surface area contributed by atoms with Gasteiger partial charge in [-0.3, -0.25) is 4.79 Å². The molecule has 132 valence electrons. The van der Waals surface area contributed by atoms with Crippen molar-refractivity contribution in [1.29, 1.82) is 0 Å². The molecule has 0 aromatic heterocycles. The molecule has 0 saturated carbocycles. The maximum absolute atomic E-state index is 12.8. The van der Waals surface area contributed by atoms with Crippen LogP contribution in [0.5, 0.6) is 0 Å². The molecule has 0 fully saturated rings. The third kappa shape index (κ3) is 3.07. The number of hydrogen-bond acceptors (Lipinski definition) is 1. The topological polar surface area (TPSA) is 20.3 Å². The van der Waals surface area contributed by atoms with Crippen molar-refractivity contribution < 1.29 is 4.79 Å². The predicted octanol–water partition coefficient (Wildman–Crippen LogP) is 5.79. The van der Waals surface area contributed by atoms with Crippen molar-refractivity contribution in [2.45, 2.75) is 50.4 Å². The fourth-order valence-corrected chi connectivity index (χ4v) is 4.39. The number of fused-ring (bicyclic) bond motifs is 1. The molecule has 4 heteroatoms. The number of alkyl halides is 1. The molecule has 1 heterocycles.